The topological polar surface area (TPSA) is 75.7 Å². The van der Waals surface area contributed by atoms with E-state index in [0.717, 1.165) is 25.1 Å². The van der Waals surface area contributed by atoms with Crippen LogP contribution in [-0.2, 0) is 4.79 Å². The van der Waals surface area contributed by atoms with Gasteiger partial charge in [0.05, 0.1) is 6.20 Å². The standard InChI is InChI=1S/C13H21N3O2/c1-3-4-5-6-7-12-15-8-9-16(12,11(2)14)10-13(17)18/h4-5,8-9,11H,3,6-7,10,14H2,1-2H3/p+1/b5-4+. The number of aliphatic imine (C=N–C) groups is 1. The summed E-state index contributed by atoms with van der Waals surface area (Å²) in [6.07, 6.45) is 9.92. The summed E-state index contributed by atoms with van der Waals surface area (Å²) in [5.74, 6) is -0.0381. The van der Waals surface area contributed by atoms with Crippen LogP contribution in [0.15, 0.2) is 29.5 Å². The molecule has 2 unspecified atom stereocenters. The van der Waals surface area contributed by atoms with Crippen molar-refractivity contribution in [2.45, 2.75) is 39.3 Å². The predicted molar refractivity (Wildman–Crippen MR) is 71.7 cm³/mol. The molecule has 5 heteroatoms. The van der Waals surface area contributed by atoms with Crippen molar-refractivity contribution < 1.29 is 14.4 Å². The normalized spacial score (nSPS) is 24.5. The highest BCUT2D eigenvalue weighted by atomic mass is 16.4. The Labute approximate surface area is 108 Å². The lowest BCUT2D eigenvalue weighted by atomic mass is 10.2. The second-order valence-electron chi connectivity index (χ2n) is 4.48. The van der Waals surface area contributed by atoms with Gasteiger partial charge in [-0.05, 0) is 12.8 Å². The molecule has 18 heavy (non-hydrogen) atoms. The van der Waals surface area contributed by atoms with E-state index in [2.05, 4.69) is 24.1 Å². The summed E-state index contributed by atoms with van der Waals surface area (Å²) in [6.45, 7) is 3.85. The zero-order valence-corrected chi connectivity index (χ0v) is 11.0. The number of nitrogens with two attached hydrogens (primary N) is 1. The van der Waals surface area contributed by atoms with Crippen molar-refractivity contribution in [2.24, 2.45) is 10.7 Å². The molecule has 1 aliphatic heterocycles. The highest BCUT2D eigenvalue weighted by Crippen LogP contribution is 2.22. The molecule has 0 spiro atoms. The van der Waals surface area contributed by atoms with Gasteiger partial charge in [0.15, 0.2) is 6.54 Å². The lowest BCUT2D eigenvalue weighted by molar-refractivity contribution is -0.805. The maximum absolute atomic E-state index is 11.0. The molecule has 100 valence electrons. The highest BCUT2D eigenvalue weighted by Gasteiger charge is 2.40. The van der Waals surface area contributed by atoms with Crippen molar-refractivity contribution in [2.75, 3.05) is 6.54 Å². The largest absolute Gasteiger partial charge is 0.477 e. The molecule has 0 radical (unpaired) electrons. The van der Waals surface area contributed by atoms with Crippen molar-refractivity contribution in [1.29, 1.82) is 0 Å². The minimum absolute atomic E-state index is 0.0511. The third-order valence-corrected chi connectivity index (χ3v) is 3.10. The van der Waals surface area contributed by atoms with Gasteiger partial charge in [-0.2, -0.15) is 0 Å². The molecular weight excluding hydrogens is 230 g/mol. The number of hydrogen-bond acceptors (Lipinski definition) is 3. The average Bonchev–Trinajstić information content (AvgIpc) is 2.68. The molecule has 0 aromatic carbocycles. The first-order chi connectivity index (χ1) is 8.53. The number of hydrogen-bond donors (Lipinski definition) is 2. The van der Waals surface area contributed by atoms with Crippen LogP contribution in [0.4, 0.5) is 0 Å². The molecule has 0 saturated carbocycles. The monoisotopic (exact) mass is 252 g/mol. The summed E-state index contributed by atoms with van der Waals surface area (Å²) in [7, 11) is 0. The molecule has 0 fully saturated rings. The summed E-state index contributed by atoms with van der Waals surface area (Å²) < 4.78 is 0.134. The number of quaternary nitrogens is 1. The minimum Gasteiger partial charge on any atom is -0.477 e. The molecule has 2 atom stereocenters. The molecule has 0 bridgehead atoms. The number of carboxylic acids is 1. The second-order valence-corrected chi connectivity index (χ2v) is 4.48. The summed E-state index contributed by atoms with van der Waals surface area (Å²) >= 11 is 0. The molecule has 0 aromatic heterocycles. The Morgan fingerprint density at radius 1 is 1.61 bits per heavy atom. The van der Waals surface area contributed by atoms with Gasteiger partial charge >= 0.3 is 5.97 Å². The van der Waals surface area contributed by atoms with Crippen LogP contribution in [0.1, 0.15) is 33.1 Å². The highest BCUT2D eigenvalue weighted by molar-refractivity contribution is 5.81. The van der Waals surface area contributed by atoms with Crippen molar-refractivity contribution in [3.63, 3.8) is 0 Å². The van der Waals surface area contributed by atoms with Crippen LogP contribution in [0.25, 0.3) is 0 Å². The van der Waals surface area contributed by atoms with Crippen LogP contribution in [0, 0.1) is 0 Å². The van der Waals surface area contributed by atoms with E-state index in [4.69, 9.17) is 10.8 Å². The van der Waals surface area contributed by atoms with E-state index in [-0.39, 0.29) is 17.2 Å². The van der Waals surface area contributed by atoms with Crippen LogP contribution < -0.4 is 5.73 Å². The molecular formula is C13H22N3O2+. The quantitative estimate of drug-likeness (QED) is 0.536. The fraction of sp³-hybridized carbons (Fsp3) is 0.538. The molecule has 0 aromatic rings. The molecule has 5 nitrogen and oxygen atoms in total. The van der Waals surface area contributed by atoms with E-state index in [1.165, 1.54) is 0 Å². The van der Waals surface area contributed by atoms with Gasteiger partial charge in [0.25, 0.3) is 0 Å². The molecule has 0 amide bonds. The third-order valence-electron chi connectivity index (χ3n) is 3.10. The molecule has 3 N–H and O–H groups in total. The fourth-order valence-corrected chi connectivity index (χ4v) is 2.08. The number of aliphatic carboxylic acids is 1. The molecule has 1 aliphatic rings. The number of amidine groups is 1. The van der Waals surface area contributed by atoms with Gasteiger partial charge in [-0.15, -0.1) is 0 Å². The Balaban J connectivity index is 2.77. The van der Waals surface area contributed by atoms with Crippen LogP contribution in [-0.4, -0.2) is 34.1 Å². The Hall–Kier alpha value is -1.46. The first kappa shape index (κ1) is 14.6. The van der Waals surface area contributed by atoms with Crippen LogP contribution in [0.2, 0.25) is 0 Å². The van der Waals surface area contributed by atoms with Gasteiger partial charge in [-0.25, -0.2) is 14.3 Å². The second kappa shape index (κ2) is 6.47. The van der Waals surface area contributed by atoms with E-state index in [0.29, 0.717) is 0 Å². The molecule has 1 heterocycles. The Kier molecular flexibility index (Phi) is 5.25. The first-order valence-electron chi connectivity index (χ1n) is 6.27. The number of carboxylic acid groups (broad SMARTS) is 1. The SMILES string of the molecule is CC/C=C/CCC1=NC=C[N+]1(CC(=O)O)C(C)N. The van der Waals surface area contributed by atoms with E-state index in [9.17, 15) is 4.79 Å². The van der Waals surface area contributed by atoms with Crippen LogP contribution in [0.3, 0.4) is 0 Å². The lowest BCUT2D eigenvalue weighted by Crippen LogP contribution is -2.59. The van der Waals surface area contributed by atoms with E-state index in [1.54, 1.807) is 12.4 Å². The average molecular weight is 252 g/mol. The zero-order chi connectivity index (χ0) is 13.6. The van der Waals surface area contributed by atoms with Crippen LogP contribution in [0.5, 0.6) is 0 Å². The van der Waals surface area contributed by atoms with Crippen molar-refractivity contribution in [3.8, 4) is 0 Å². The number of rotatable bonds is 7. The van der Waals surface area contributed by atoms with Gasteiger partial charge in [0.1, 0.15) is 12.4 Å². The van der Waals surface area contributed by atoms with Gasteiger partial charge in [-0.3, -0.25) is 5.73 Å². The van der Waals surface area contributed by atoms with E-state index in [1.807, 2.05) is 6.92 Å². The Bertz CT molecular complexity index is 386. The third kappa shape index (κ3) is 3.27. The fourth-order valence-electron chi connectivity index (χ4n) is 2.08. The molecule has 0 saturated heterocycles. The van der Waals surface area contributed by atoms with Crippen molar-refractivity contribution in [3.05, 3.63) is 24.6 Å². The van der Waals surface area contributed by atoms with Gasteiger partial charge in [-0.1, -0.05) is 19.1 Å². The van der Waals surface area contributed by atoms with Gasteiger partial charge < -0.3 is 5.11 Å². The zero-order valence-electron chi connectivity index (χ0n) is 11.0. The smallest absolute Gasteiger partial charge is 0.360 e. The summed E-state index contributed by atoms with van der Waals surface area (Å²) in [4.78, 5) is 15.3. The van der Waals surface area contributed by atoms with Gasteiger partial charge in [0, 0.05) is 13.3 Å². The molecule has 1 rings (SSSR count). The number of carbonyl (C=O) groups is 1. The lowest BCUT2D eigenvalue weighted by Gasteiger charge is -2.34. The van der Waals surface area contributed by atoms with Crippen molar-refractivity contribution in [1.82, 2.24) is 0 Å². The maximum Gasteiger partial charge on any atom is 0.360 e. The Morgan fingerprint density at radius 2 is 2.33 bits per heavy atom. The summed E-state index contributed by atoms with van der Waals surface area (Å²) in [6, 6.07) is 0. The summed E-state index contributed by atoms with van der Waals surface area (Å²) in [5, 5.41) is 9.04. The van der Waals surface area contributed by atoms with Crippen LogP contribution >= 0.6 is 0 Å². The first-order valence-corrected chi connectivity index (χ1v) is 6.27. The van der Waals surface area contributed by atoms with E-state index < -0.39 is 5.97 Å². The minimum atomic E-state index is -0.865. The summed E-state index contributed by atoms with van der Waals surface area (Å²) in [5.41, 5.74) is 5.96. The van der Waals surface area contributed by atoms with Crippen molar-refractivity contribution >= 4 is 11.8 Å². The predicted octanol–water partition coefficient (Wildman–Crippen LogP) is 1.82. The molecule has 0 aliphatic carbocycles. The van der Waals surface area contributed by atoms with E-state index >= 15 is 0 Å². The number of allylic oxidation sites excluding steroid dienone is 2. The maximum atomic E-state index is 11.0. The van der Waals surface area contributed by atoms with Gasteiger partial charge in [0.2, 0.25) is 5.84 Å². The number of nitrogens with zero attached hydrogens (tertiary/aromatic N) is 2. The Morgan fingerprint density at radius 3 is 2.89 bits per heavy atom.